The number of morpholine rings is 1. The van der Waals surface area contributed by atoms with E-state index in [0.717, 1.165) is 12.1 Å². The van der Waals surface area contributed by atoms with Gasteiger partial charge in [0.25, 0.3) is 0 Å². The zero-order valence-corrected chi connectivity index (χ0v) is 32.5. The molecule has 0 aliphatic carbocycles. The van der Waals surface area contributed by atoms with Crippen LogP contribution in [-0.4, -0.2) is 130 Å². The second-order valence-electron chi connectivity index (χ2n) is 15.8. The van der Waals surface area contributed by atoms with Crippen LogP contribution in [0.2, 0.25) is 10.0 Å². The first-order valence-corrected chi connectivity index (χ1v) is 18.2. The van der Waals surface area contributed by atoms with Gasteiger partial charge in [0.15, 0.2) is 0 Å². The van der Waals surface area contributed by atoms with E-state index >= 15 is 0 Å². The Morgan fingerprint density at radius 1 is 0.904 bits per heavy atom. The molecular formula is C37H52Cl2F2N4O7. The number of halogens is 4. The highest BCUT2D eigenvalue weighted by Crippen LogP contribution is 2.30. The van der Waals surface area contributed by atoms with Crippen molar-refractivity contribution in [1.29, 1.82) is 0 Å². The number of aliphatic hydroxyl groups is 2. The highest BCUT2D eigenvalue weighted by molar-refractivity contribution is 6.31. The largest absolute Gasteiger partial charge is 0.444 e. The van der Waals surface area contributed by atoms with Crippen LogP contribution in [0.25, 0.3) is 0 Å². The molecule has 2 aromatic rings. The van der Waals surface area contributed by atoms with Gasteiger partial charge in [-0.1, -0.05) is 35.3 Å². The zero-order valence-electron chi connectivity index (χ0n) is 31.0. The van der Waals surface area contributed by atoms with Gasteiger partial charge in [-0.3, -0.25) is 9.80 Å². The maximum Gasteiger partial charge on any atom is 0.410 e. The Morgan fingerprint density at radius 3 is 2.06 bits per heavy atom. The number of hydrogen-bond donors (Lipinski definition) is 2. The second kappa shape index (κ2) is 17.1. The quantitative estimate of drug-likeness (QED) is 0.362. The monoisotopic (exact) mass is 772 g/mol. The lowest BCUT2D eigenvalue weighted by Gasteiger charge is -2.48. The molecule has 3 aliphatic rings. The highest BCUT2D eigenvalue weighted by Gasteiger charge is 2.41. The van der Waals surface area contributed by atoms with E-state index in [9.17, 15) is 28.6 Å². The Labute approximate surface area is 315 Å². The van der Waals surface area contributed by atoms with Crippen LogP contribution in [0, 0.1) is 11.6 Å². The molecule has 2 amide bonds. The number of fused-ring (bicyclic) bond motifs is 1. The van der Waals surface area contributed by atoms with Gasteiger partial charge in [-0.05, 0) is 83.9 Å². The molecule has 2 aromatic carbocycles. The van der Waals surface area contributed by atoms with Gasteiger partial charge in [-0.25, -0.2) is 18.4 Å². The molecule has 5 rings (SSSR count). The first-order chi connectivity index (χ1) is 24.2. The second-order valence-corrected chi connectivity index (χ2v) is 16.6. The summed E-state index contributed by atoms with van der Waals surface area (Å²) in [6.07, 6.45) is -1.74. The van der Waals surface area contributed by atoms with Crippen LogP contribution < -0.4 is 0 Å². The Hall–Kier alpha value is -2.78. The molecule has 290 valence electrons. The number of carbonyl (C=O) groups excluding carboxylic acids is 2. The summed E-state index contributed by atoms with van der Waals surface area (Å²) in [5.41, 5.74) is -0.456. The van der Waals surface area contributed by atoms with Crippen molar-refractivity contribution >= 4 is 35.4 Å². The summed E-state index contributed by atoms with van der Waals surface area (Å²) in [5, 5.41) is 20.5. The zero-order chi connectivity index (χ0) is 38.6. The Balaban J connectivity index is 0.000000233. The SMILES string of the molecule is CC(C)(C)OC(=O)N1CCN(CC(O)c2ccc(F)c(Cl)c2)C(C)(CO)C1.CC(C)(C)OC(=O)N1CCN2CC(c3ccc(F)c(Cl)c3)OCC2C1. The van der Waals surface area contributed by atoms with Crippen molar-refractivity contribution in [2.75, 3.05) is 65.6 Å². The van der Waals surface area contributed by atoms with E-state index in [1.54, 1.807) is 42.7 Å². The van der Waals surface area contributed by atoms with Gasteiger partial charge in [0.2, 0.25) is 0 Å². The molecule has 0 aromatic heterocycles. The number of ether oxygens (including phenoxy) is 3. The van der Waals surface area contributed by atoms with Crippen molar-refractivity contribution in [2.45, 2.75) is 83.5 Å². The third-order valence-corrected chi connectivity index (χ3v) is 9.69. The minimum atomic E-state index is -0.901. The Bertz CT molecular complexity index is 1560. The molecule has 52 heavy (non-hydrogen) atoms. The summed E-state index contributed by atoms with van der Waals surface area (Å²) in [6, 6.07) is 8.95. The maximum atomic E-state index is 13.3. The fourth-order valence-corrected chi connectivity index (χ4v) is 6.65. The highest BCUT2D eigenvalue weighted by atomic mass is 35.5. The standard InChI is InChI=1S/C19H28ClFN2O4.C18H24ClFN2O3/c1-18(2,3)27-17(26)22-7-8-23(19(4,11-22)12-24)10-16(25)13-5-6-15(21)14(20)9-13;1-18(2,3)25-17(23)22-7-6-21-10-16(24-11-13(21)9-22)12-4-5-15(20)14(19)8-12/h5-6,9,16,24-25H,7-8,10-12H2,1-4H3;4-5,8,13,16H,6-7,9-11H2,1-3H3. The van der Waals surface area contributed by atoms with E-state index in [1.807, 2.05) is 32.6 Å². The summed E-state index contributed by atoms with van der Waals surface area (Å²) in [7, 11) is 0. The normalized spacial score (nSPS) is 23.6. The maximum absolute atomic E-state index is 13.3. The number of benzene rings is 2. The fourth-order valence-electron chi connectivity index (χ4n) is 6.27. The molecule has 4 unspecified atom stereocenters. The van der Waals surface area contributed by atoms with Crippen LogP contribution in [0.5, 0.6) is 0 Å². The van der Waals surface area contributed by atoms with Crippen molar-refractivity contribution < 1.29 is 42.8 Å². The molecule has 0 spiro atoms. The third-order valence-electron chi connectivity index (χ3n) is 9.11. The number of hydrogen-bond acceptors (Lipinski definition) is 9. The number of carbonyl (C=O) groups is 2. The third kappa shape index (κ3) is 11.4. The average molecular weight is 774 g/mol. The predicted octanol–water partition coefficient (Wildman–Crippen LogP) is 6.29. The molecular weight excluding hydrogens is 721 g/mol. The van der Waals surface area contributed by atoms with E-state index in [0.29, 0.717) is 44.9 Å². The molecule has 2 N–H and O–H groups in total. The molecule has 15 heteroatoms. The number of amides is 2. The summed E-state index contributed by atoms with van der Waals surface area (Å²) >= 11 is 11.7. The van der Waals surface area contributed by atoms with Gasteiger partial charge in [0, 0.05) is 52.4 Å². The van der Waals surface area contributed by atoms with E-state index < -0.39 is 40.6 Å². The molecule has 3 fully saturated rings. The molecule has 0 bridgehead atoms. The lowest BCUT2D eigenvalue weighted by molar-refractivity contribution is -0.0906. The predicted molar refractivity (Wildman–Crippen MR) is 195 cm³/mol. The molecule has 11 nitrogen and oxygen atoms in total. The van der Waals surface area contributed by atoms with Gasteiger partial charge < -0.3 is 34.2 Å². The van der Waals surface area contributed by atoms with Crippen molar-refractivity contribution in [3.05, 3.63) is 69.2 Å². The first-order valence-electron chi connectivity index (χ1n) is 17.4. The van der Waals surface area contributed by atoms with E-state index in [4.69, 9.17) is 37.4 Å². The van der Waals surface area contributed by atoms with Crippen LogP contribution >= 0.6 is 23.2 Å². The minimum Gasteiger partial charge on any atom is -0.444 e. The van der Waals surface area contributed by atoms with Gasteiger partial charge in [-0.15, -0.1) is 0 Å². The van der Waals surface area contributed by atoms with Crippen molar-refractivity contribution in [3.8, 4) is 0 Å². The van der Waals surface area contributed by atoms with Gasteiger partial charge in [0.05, 0.1) is 47.0 Å². The summed E-state index contributed by atoms with van der Waals surface area (Å²) in [5.74, 6) is -0.969. The first kappa shape index (κ1) is 42.0. The smallest absolute Gasteiger partial charge is 0.410 e. The van der Waals surface area contributed by atoms with E-state index in [2.05, 4.69) is 4.90 Å². The molecule has 0 saturated carbocycles. The van der Waals surface area contributed by atoms with Crippen molar-refractivity contribution in [2.24, 2.45) is 0 Å². The lowest BCUT2D eigenvalue weighted by atomic mass is 9.96. The molecule has 3 heterocycles. The summed E-state index contributed by atoms with van der Waals surface area (Å²) in [4.78, 5) is 32.1. The summed E-state index contributed by atoms with van der Waals surface area (Å²) in [6.45, 7) is 17.2. The van der Waals surface area contributed by atoms with Gasteiger partial charge in [-0.2, -0.15) is 0 Å². The van der Waals surface area contributed by atoms with Crippen LogP contribution in [0.1, 0.15) is 71.8 Å². The Kier molecular flexibility index (Phi) is 13.8. The van der Waals surface area contributed by atoms with E-state index in [1.165, 1.54) is 24.3 Å². The van der Waals surface area contributed by atoms with Crippen LogP contribution in [0.15, 0.2) is 36.4 Å². The number of rotatable bonds is 5. The molecule has 3 saturated heterocycles. The molecule has 4 atom stereocenters. The van der Waals surface area contributed by atoms with Gasteiger partial charge >= 0.3 is 12.2 Å². The molecule has 0 radical (unpaired) electrons. The van der Waals surface area contributed by atoms with Crippen molar-refractivity contribution in [3.63, 3.8) is 0 Å². The van der Waals surface area contributed by atoms with Crippen LogP contribution in [0.3, 0.4) is 0 Å². The lowest BCUT2D eigenvalue weighted by Crippen LogP contribution is -2.64. The number of piperazine rings is 2. The number of β-amino-alcohol motifs (C(OH)–C–C–N with tert-alkyl or cyclic N) is 1. The summed E-state index contributed by atoms with van der Waals surface area (Å²) < 4.78 is 43.5. The topological polar surface area (TPSA) is 115 Å². The molecule has 3 aliphatic heterocycles. The van der Waals surface area contributed by atoms with Crippen LogP contribution in [-0.2, 0) is 14.2 Å². The minimum absolute atomic E-state index is 0.0498. The van der Waals surface area contributed by atoms with E-state index in [-0.39, 0.29) is 48.0 Å². The average Bonchev–Trinajstić information content (AvgIpc) is 3.06. The van der Waals surface area contributed by atoms with Crippen molar-refractivity contribution in [1.82, 2.24) is 19.6 Å². The number of nitrogens with zero attached hydrogens (tertiary/aromatic N) is 4. The number of aliphatic hydroxyl groups excluding tert-OH is 2. The fraction of sp³-hybridized carbons (Fsp3) is 0.622. The van der Waals surface area contributed by atoms with Gasteiger partial charge in [0.1, 0.15) is 22.8 Å². The Morgan fingerprint density at radius 2 is 1.48 bits per heavy atom. The van der Waals surface area contributed by atoms with Crippen LogP contribution in [0.4, 0.5) is 18.4 Å².